The average Bonchev–Trinajstić information content (AvgIpc) is 2.17. The quantitative estimate of drug-likeness (QED) is 0.836. The van der Waals surface area contributed by atoms with Crippen molar-refractivity contribution in [1.82, 2.24) is 0 Å². The van der Waals surface area contributed by atoms with Crippen LogP contribution in [-0.4, -0.2) is 13.7 Å². The number of halogens is 2. The zero-order valence-electron chi connectivity index (χ0n) is 8.89. The lowest BCUT2D eigenvalue weighted by Crippen LogP contribution is -2.11. The van der Waals surface area contributed by atoms with E-state index in [0.717, 1.165) is 12.5 Å². The smallest absolute Gasteiger partial charge is 0.274 e. The second kappa shape index (κ2) is 4.57. The lowest BCUT2D eigenvalue weighted by molar-refractivity contribution is 0.0150. The Hall–Kier alpha value is -1.16. The number of alkyl halides is 2. The highest BCUT2D eigenvalue weighted by Gasteiger charge is 2.28. The fourth-order valence-corrected chi connectivity index (χ4v) is 1.42. The highest BCUT2D eigenvalue weighted by Crippen LogP contribution is 2.34. The van der Waals surface area contributed by atoms with Gasteiger partial charge in [0.1, 0.15) is 5.75 Å². The molecule has 1 rings (SSSR count). The molecule has 0 saturated heterocycles. The van der Waals surface area contributed by atoms with Gasteiger partial charge in [-0.25, -0.2) is 8.78 Å². The first-order valence-electron chi connectivity index (χ1n) is 4.74. The number of ether oxygens (including phenoxy) is 1. The molecule has 2 nitrogen and oxygen atoms in total. The highest BCUT2D eigenvalue weighted by molar-refractivity contribution is 5.40. The van der Waals surface area contributed by atoms with Gasteiger partial charge in [0, 0.05) is 6.92 Å². The Balaban J connectivity index is 3.13. The summed E-state index contributed by atoms with van der Waals surface area (Å²) in [4.78, 5) is 0. The maximum Gasteiger partial charge on any atom is 0.274 e. The van der Waals surface area contributed by atoms with E-state index in [9.17, 15) is 8.78 Å². The van der Waals surface area contributed by atoms with E-state index >= 15 is 0 Å². The first-order valence-corrected chi connectivity index (χ1v) is 4.74. The molecule has 0 aromatic heterocycles. The molecular weight excluding hydrogens is 200 g/mol. The summed E-state index contributed by atoms with van der Waals surface area (Å²) in [5.41, 5.74) is 6.09. The van der Waals surface area contributed by atoms with Crippen LogP contribution in [0.2, 0.25) is 0 Å². The molecule has 0 saturated carbocycles. The van der Waals surface area contributed by atoms with Crippen molar-refractivity contribution in [2.75, 3.05) is 13.7 Å². The van der Waals surface area contributed by atoms with Crippen molar-refractivity contribution in [3.8, 4) is 5.75 Å². The molecule has 1 aromatic carbocycles. The summed E-state index contributed by atoms with van der Waals surface area (Å²) in [5, 5.41) is 0. The minimum Gasteiger partial charge on any atom is -0.496 e. The molecule has 84 valence electrons. The highest BCUT2D eigenvalue weighted by atomic mass is 19.3. The molecule has 0 heterocycles. The van der Waals surface area contributed by atoms with Crippen LogP contribution in [0.1, 0.15) is 18.1 Å². The average molecular weight is 215 g/mol. The van der Waals surface area contributed by atoms with Crippen LogP contribution in [0.4, 0.5) is 8.78 Å². The van der Waals surface area contributed by atoms with Gasteiger partial charge in [-0.3, -0.25) is 0 Å². The van der Waals surface area contributed by atoms with E-state index in [2.05, 4.69) is 0 Å². The fourth-order valence-electron chi connectivity index (χ4n) is 1.42. The number of benzene rings is 1. The van der Waals surface area contributed by atoms with E-state index in [1.807, 2.05) is 0 Å². The molecule has 0 spiro atoms. The van der Waals surface area contributed by atoms with Crippen molar-refractivity contribution < 1.29 is 13.5 Å². The summed E-state index contributed by atoms with van der Waals surface area (Å²) >= 11 is 0. The van der Waals surface area contributed by atoms with Crippen molar-refractivity contribution in [3.63, 3.8) is 0 Å². The molecule has 0 unspecified atom stereocenters. The van der Waals surface area contributed by atoms with E-state index < -0.39 is 5.92 Å². The molecule has 0 bridgehead atoms. The van der Waals surface area contributed by atoms with Gasteiger partial charge < -0.3 is 10.5 Å². The van der Waals surface area contributed by atoms with E-state index in [-0.39, 0.29) is 11.3 Å². The molecule has 2 N–H and O–H groups in total. The first kappa shape index (κ1) is 11.9. The molecule has 0 amide bonds. The number of rotatable bonds is 4. The summed E-state index contributed by atoms with van der Waals surface area (Å²) < 4.78 is 31.3. The van der Waals surface area contributed by atoms with E-state index in [0.29, 0.717) is 13.0 Å². The third-order valence-corrected chi connectivity index (χ3v) is 2.17. The van der Waals surface area contributed by atoms with Gasteiger partial charge in [0.25, 0.3) is 5.92 Å². The van der Waals surface area contributed by atoms with Crippen LogP contribution in [0.15, 0.2) is 18.2 Å². The van der Waals surface area contributed by atoms with Crippen LogP contribution in [0, 0.1) is 0 Å². The lowest BCUT2D eigenvalue weighted by atomic mass is 10.0. The van der Waals surface area contributed by atoms with E-state index in [1.165, 1.54) is 13.2 Å². The molecule has 4 heteroatoms. The second-order valence-corrected chi connectivity index (χ2v) is 3.46. The van der Waals surface area contributed by atoms with Crippen LogP contribution in [0.25, 0.3) is 0 Å². The Morgan fingerprint density at radius 1 is 1.40 bits per heavy atom. The largest absolute Gasteiger partial charge is 0.496 e. The van der Waals surface area contributed by atoms with Crippen LogP contribution in [0.3, 0.4) is 0 Å². The van der Waals surface area contributed by atoms with Gasteiger partial charge in [-0.1, -0.05) is 6.07 Å². The van der Waals surface area contributed by atoms with Gasteiger partial charge in [-0.15, -0.1) is 0 Å². The second-order valence-electron chi connectivity index (χ2n) is 3.46. The third kappa shape index (κ3) is 2.89. The van der Waals surface area contributed by atoms with Crippen molar-refractivity contribution in [3.05, 3.63) is 29.3 Å². The van der Waals surface area contributed by atoms with Gasteiger partial charge in [0.15, 0.2) is 0 Å². The molecule has 0 aliphatic rings. The summed E-state index contributed by atoms with van der Waals surface area (Å²) in [5.74, 6) is -2.68. The fraction of sp³-hybridized carbons (Fsp3) is 0.455. The predicted molar refractivity (Wildman–Crippen MR) is 55.3 cm³/mol. The van der Waals surface area contributed by atoms with Crippen LogP contribution < -0.4 is 10.5 Å². The Labute approximate surface area is 88.0 Å². The van der Waals surface area contributed by atoms with Crippen LogP contribution >= 0.6 is 0 Å². The number of hydrogen-bond donors (Lipinski definition) is 1. The van der Waals surface area contributed by atoms with Gasteiger partial charge in [0.2, 0.25) is 0 Å². The Bertz CT molecular complexity index is 334. The van der Waals surface area contributed by atoms with E-state index in [1.54, 1.807) is 12.1 Å². The van der Waals surface area contributed by atoms with Gasteiger partial charge in [-0.2, -0.15) is 0 Å². The monoisotopic (exact) mass is 215 g/mol. The minimum absolute atomic E-state index is 0.0871. The van der Waals surface area contributed by atoms with Gasteiger partial charge in [-0.05, 0) is 30.7 Å². The maximum absolute atomic E-state index is 13.2. The van der Waals surface area contributed by atoms with Gasteiger partial charge >= 0.3 is 0 Å². The molecular formula is C11H15F2NO. The SMILES string of the molecule is COc1ccc(CCN)cc1C(C)(F)F. The lowest BCUT2D eigenvalue weighted by Gasteiger charge is -2.16. The molecule has 0 fully saturated rings. The predicted octanol–water partition coefficient (Wildman–Crippen LogP) is 2.31. The Kier molecular flexibility index (Phi) is 3.63. The van der Waals surface area contributed by atoms with Crippen molar-refractivity contribution >= 4 is 0 Å². The number of nitrogens with two attached hydrogens (primary N) is 1. The van der Waals surface area contributed by atoms with Crippen molar-refractivity contribution in [2.24, 2.45) is 5.73 Å². The standard InChI is InChI=1S/C11H15F2NO/c1-11(12,13)9-7-8(5-6-14)3-4-10(9)15-2/h3-4,7H,5-6,14H2,1-2H3. The zero-order valence-corrected chi connectivity index (χ0v) is 8.89. The molecule has 0 aliphatic heterocycles. The molecule has 0 radical (unpaired) electrons. The summed E-state index contributed by atoms with van der Waals surface area (Å²) in [7, 11) is 1.38. The van der Waals surface area contributed by atoms with Crippen molar-refractivity contribution in [2.45, 2.75) is 19.3 Å². The maximum atomic E-state index is 13.2. The minimum atomic E-state index is -2.89. The first-order chi connectivity index (χ1) is 6.99. The number of hydrogen-bond acceptors (Lipinski definition) is 2. The topological polar surface area (TPSA) is 35.2 Å². The molecule has 0 atom stereocenters. The van der Waals surface area contributed by atoms with Gasteiger partial charge in [0.05, 0.1) is 12.7 Å². The van der Waals surface area contributed by atoms with Crippen LogP contribution in [0.5, 0.6) is 5.75 Å². The number of methoxy groups -OCH3 is 1. The third-order valence-electron chi connectivity index (χ3n) is 2.17. The molecule has 1 aromatic rings. The Morgan fingerprint density at radius 2 is 2.07 bits per heavy atom. The molecule has 0 aliphatic carbocycles. The Morgan fingerprint density at radius 3 is 2.53 bits per heavy atom. The summed E-state index contributed by atoms with van der Waals surface area (Å²) in [6.07, 6.45) is 0.590. The molecule has 15 heavy (non-hydrogen) atoms. The summed E-state index contributed by atoms with van der Waals surface area (Å²) in [6.45, 7) is 1.30. The summed E-state index contributed by atoms with van der Waals surface area (Å²) in [6, 6.07) is 4.75. The normalized spacial score (nSPS) is 11.5. The van der Waals surface area contributed by atoms with Crippen molar-refractivity contribution in [1.29, 1.82) is 0 Å². The zero-order chi connectivity index (χ0) is 11.5. The van der Waals surface area contributed by atoms with E-state index in [4.69, 9.17) is 10.5 Å². The van der Waals surface area contributed by atoms with Crippen LogP contribution in [-0.2, 0) is 12.3 Å².